The molecular formula is C22H28N4O3S. The molecule has 1 saturated heterocycles. The van der Waals surface area contributed by atoms with E-state index in [4.69, 9.17) is 4.42 Å². The molecule has 2 amide bonds. The number of hydrazone groups is 1. The first-order valence-corrected chi connectivity index (χ1v) is 11.4. The average molecular weight is 429 g/mol. The highest BCUT2D eigenvalue weighted by atomic mass is 32.1. The molecule has 0 spiro atoms. The lowest BCUT2D eigenvalue weighted by molar-refractivity contribution is -0.134. The summed E-state index contributed by atoms with van der Waals surface area (Å²) < 4.78 is 5.51. The third-order valence-corrected chi connectivity index (χ3v) is 6.56. The maximum atomic E-state index is 13.2. The maximum Gasteiger partial charge on any atom is 0.257 e. The fourth-order valence-corrected chi connectivity index (χ4v) is 4.87. The van der Waals surface area contributed by atoms with Crippen LogP contribution in [0.15, 0.2) is 45.4 Å². The molecular weight excluding hydrogens is 400 g/mol. The fourth-order valence-electron chi connectivity index (χ4n) is 4.05. The van der Waals surface area contributed by atoms with Gasteiger partial charge < -0.3 is 9.73 Å². The number of carbonyl (C=O) groups excluding carboxylic acids is 2. The minimum absolute atomic E-state index is 0.0139. The van der Waals surface area contributed by atoms with Gasteiger partial charge in [0.15, 0.2) is 0 Å². The number of likely N-dealkylation sites (tertiary alicyclic amines) is 1. The molecule has 4 rings (SSSR count). The summed E-state index contributed by atoms with van der Waals surface area (Å²) in [6.45, 7) is 5.75. The van der Waals surface area contributed by atoms with Crippen LogP contribution in [0.1, 0.15) is 49.8 Å². The van der Waals surface area contributed by atoms with E-state index >= 15 is 0 Å². The highest BCUT2D eigenvalue weighted by Crippen LogP contribution is 2.35. The smallest absolute Gasteiger partial charge is 0.257 e. The largest absolute Gasteiger partial charge is 0.463 e. The first-order valence-electron chi connectivity index (χ1n) is 10.5. The molecule has 2 aromatic heterocycles. The van der Waals surface area contributed by atoms with E-state index < -0.39 is 0 Å². The summed E-state index contributed by atoms with van der Waals surface area (Å²) in [6.07, 6.45) is 3.83. The van der Waals surface area contributed by atoms with Gasteiger partial charge >= 0.3 is 0 Å². The van der Waals surface area contributed by atoms with Crippen molar-refractivity contribution < 1.29 is 14.0 Å². The van der Waals surface area contributed by atoms with Crippen LogP contribution in [0.4, 0.5) is 0 Å². The molecule has 7 nitrogen and oxygen atoms in total. The average Bonchev–Trinajstić information content (AvgIpc) is 3.48. The molecule has 160 valence electrons. The molecule has 0 radical (unpaired) electrons. The molecule has 1 fully saturated rings. The molecule has 0 aromatic carbocycles. The molecule has 1 unspecified atom stereocenters. The fraction of sp³-hybridized carbons (Fsp3) is 0.500. The van der Waals surface area contributed by atoms with Crippen molar-refractivity contribution in [3.63, 3.8) is 0 Å². The molecule has 2 aliphatic heterocycles. The Kier molecular flexibility index (Phi) is 6.34. The first-order chi connectivity index (χ1) is 14.5. The Morgan fingerprint density at radius 1 is 1.27 bits per heavy atom. The van der Waals surface area contributed by atoms with Gasteiger partial charge in [0, 0.05) is 23.3 Å². The monoisotopic (exact) mass is 428 g/mol. The van der Waals surface area contributed by atoms with Gasteiger partial charge in [0.25, 0.3) is 5.91 Å². The Hall–Kier alpha value is -2.45. The van der Waals surface area contributed by atoms with Crippen molar-refractivity contribution in [2.75, 3.05) is 19.6 Å². The zero-order chi connectivity index (χ0) is 21.1. The molecule has 2 aromatic rings. The molecule has 0 bridgehead atoms. The molecule has 8 heteroatoms. The van der Waals surface area contributed by atoms with Crippen LogP contribution in [0.5, 0.6) is 0 Å². The van der Waals surface area contributed by atoms with Gasteiger partial charge in [-0.05, 0) is 63.4 Å². The lowest BCUT2D eigenvalue weighted by atomic mass is 9.95. The van der Waals surface area contributed by atoms with E-state index in [2.05, 4.69) is 21.4 Å². The standard InChI is InChI=1S/C22H28N4O3S/c1-15(2)23-22(28)16-7-9-25(10-8-16)14-21(27)26-18(20-6-4-12-30-20)13-17(24-26)19-5-3-11-29-19/h3-6,11-12,15-16,18H,7-10,13-14H2,1-2H3,(H,23,28). The topological polar surface area (TPSA) is 78.2 Å². The van der Waals surface area contributed by atoms with Crippen LogP contribution in [0, 0.1) is 5.92 Å². The number of amides is 2. The third kappa shape index (κ3) is 4.65. The number of carbonyl (C=O) groups is 2. The van der Waals surface area contributed by atoms with E-state index in [0.29, 0.717) is 18.7 Å². The van der Waals surface area contributed by atoms with Crippen molar-refractivity contribution in [3.05, 3.63) is 46.5 Å². The molecule has 1 N–H and O–H groups in total. The van der Waals surface area contributed by atoms with Crippen LogP contribution >= 0.6 is 11.3 Å². The van der Waals surface area contributed by atoms with Gasteiger partial charge in [-0.1, -0.05) is 6.07 Å². The van der Waals surface area contributed by atoms with E-state index in [-0.39, 0.29) is 29.8 Å². The predicted molar refractivity (Wildman–Crippen MR) is 116 cm³/mol. The van der Waals surface area contributed by atoms with Crippen LogP contribution < -0.4 is 5.32 Å². The van der Waals surface area contributed by atoms with Crippen LogP contribution in [-0.2, 0) is 9.59 Å². The number of rotatable bonds is 6. The van der Waals surface area contributed by atoms with Crippen LogP contribution in [0.3, 0.4) is 0 Å². The van der Waals surface area contributed by atoms with E-state index in [9.17, 15) is 9.59 Å². The van der Waals surface area contributed by atoms with Crippen molar-refractivity contribution in [1.82, 2.24) is 15.2 Å². The number of piperidine rings is 1. The second kappa shape index (κ2) is 9.14. The first kappa shape index (κ1) is 20.8. The molecule has 4 heterocycles. The number of hydrogen-bond donors (Lipinski definition) is 1. The summed E-state index contributed by atoms with van der Waals surface area (Å²) in [4.78, 5) is 28.7. The number of hydrogen-bond acceptors (Lipinski definition) is 6. The second-order valence-electron chi connectivity index (χ2n) is 8.21. The van der Waals surface area contributed by atoms with Crippen molar-refractivity contribution in [2.45, 2.75) is 45.2 Å². The number of thiophene rings is 1. The highest BCUT2D eigenvalue weighted by Gasteiger charge is 2.36. The number of nitrogens with zero attached hydrogens (tertiary/aromatic N) is 3. The Balaban J connectivity index is 1.39. The summed E-state index contributed by atoms with van der Waals surface area (Å²) in [7, 11) is 0. The second-order valence-corrected chi connectivity index (χ2v) is 9.19. The highest BCUT2D eigenvalue weighted by molar-refractivity contribution is 7.10. The maximum absolute atomic E-state index is 13.2. The van der Waals surface area contributed by atoms with Crippen LogP contribution in [0.25, 0.3) is 0 Å². The van der Waals surface area contributed by atoms with Crippen LogP contribution in [-0.4, -0.2) is 53.1 Å². The van der Waals surface area contributed by atoms with Gasteiger partial charge in [0.1, 0.15) is 11.5 Å². The zero-order valence-corrected chi connectivity index (χ0v) is 18.2. The van der Waals surface area contributed by atoms with E-state index in [1.54, 1.807) is 22.6 Å². The Labute approximate surface area is 180 Å². The Morgan fingerprint density at radius 3 is 2.70 bits per heavy atom. The number of furan rings is 1. The number of nitrogens with one attached hydrogen (secondary N) is 1. The van der Waals surface area contributed by atoms with Gasteiger partial charge in [0.2, 0.25) is 5.91 Å². The molecule has 0 aliphatic carbocycles. The van der Waals surface area contributed by atoms with E-state index in [1.165, 1.54) is 0 Å². The van der Waals surface area contributed by atoms with Crippen molar-refractivity contribution in [2.24, 2.45) is 11.0 Å². The minimum atomic E-state index is -0.0908. The summed E-state index contributed by atoms with van der Waals surface area (Å²) >= 11 is 1.64. The van der Waals surface area contributed by atoms with Gasteiger partial charge in [0.05, 0.1) is 18.8 Å². The minimum Gasteiger partial charge on any atom is -0.463 e. The van der Waals surface area contributed by atoms with E-state index in [0.717, 1.165) is 36.5 Å². The quantitative estimate of drug-likeness (QED) is 0.766. The summed E-state index contributed by atoms with van der Waals surface area (Å²) in [5.41, 5.74) is 0.802. The van der Waals surface area contributed by atoms with E-state index in [1.807, 2.05) is 37.4 Å². The summed E-state index contributed by atoms with van der Waals surface area (Å²) in [6, 6.07) is 7.83. The normalized spacial score (nSPS) is 20.6. The van der Waals surface area contributed by atoms with Gasteiger partial charge in [-0.15, -0.1) is 11.3 Å². The summed E-state index contributed by atoms with van der Waals surface area (Å²) in [5, 5.41) is 11.3. The third-order valence-electron chi connectivity index (χ3n) is 5.59. The molecule has 2 aliphatic rings. The Bertz CT molecular complexity index is 884. The lowest BCUT2D eigenvalue weighted by Crippen LogP contribution is -2.45. The van der Waals surface area contributed by atoms with Crippen LogP contribution in [0.2, 0.25) is 0 Å². The van der Waals surface area contributed by atoms with Crippen molar-refractivity contribution in [1.29, 1.82) is 0 Å². The van der Waals surface area contributed by atoms with Gasteiger partial charge in [-0.2, -0.15) is 5.10 Å². The Morgan fingerprint density at radius 2 is 2.07 bits per heavy atom. The molecule has 30 heavy (non-hydrogen) atoms. The van der Waals surface area contributed by atoms with Gasteiger partial charge in [-0.3, -0.25) is 14.5 Å². The van der Waals surface area contributed by atoms with Crippen molar-refractivity contribution in [3.8, 4) is 0 Å². The lowest BCUT2D eigenvalue weighted by Gasteiger charge is -2.32. The summed E-state index contributed by atoms with van der Waals surface area (Å²) in [5.74, 6) is 0.859. The molecule has 0 saturated carbocycles. The SMILES string of the molecule is CC(C)NC(=O)C1CCN(CC(=O)N2N=C(c3ccco3)CC2c2cccs2)CC1. The van der Waals surface area contributed by atoms with Crippen molar-refractivity contribution >= 4 is 28.9 Å². The predicted octanol–water partition coefficient (Wildman–Crippen LogP) is 3.26. The van der Waals surface area contributed by atoms with Gasteiger partial charge in [-0.25, -0.2) is 5.01 Å². The molecule has 1 atom stereocenters. The zero-order valence-electron chi connectivity index (χ0n) is 17.4.